The maximum Gasteiger partial charge on any atom is 0.315 e. The summed E-state index contributed by atoms with van der Waals surface area (Å²) in [5, 5.41) is 24.5. The summed E-state index contributed by atoms with van der Waals surface area (Å²) in [5.74, 6) is -1.04. The van der Waals surface area contributed by atoms with E-state index in [2.05, 4.69) is 15.5 Å². The third-order valence-corrected chi connectivity index (χ3v) is 2.90. The molecule has 9 nitrogen and oxygen atoms in total. The van der Waals surface area contributed by atoms with Gasteiger partial charge in [0.1, 0.15) is 0 Å². The van der Waals surface area contributed by atoms with E-state index in [4.69, 9.17) is 4.74 Å². The van der Waals surface area contributed by atoms with Gasteiger partial charge in [-0.25, -0.2) is 5.43 Å². The van der Waals surface area contributed by atoms with Crippen LogP contribution in [-0.4, -0.2) is 33.7 Å². The predicted octanol–water partition coefficient (Wildman–Crippen LogP) is 1.86. The number of hydrazone groups is 1. The summed E-state index contributed by atoms with van der Waals surface area (Å²) in [5.41, 5.74) is 2.44. The van der Waals surface area contributed by atoms with Crippen molar-refractivity contribution in [1.29, 1.82) is 0 Å². The summed E-state index contributed by atoms with van der Waals surface area (Å²) in [6.07, 6.45) is 4.15. The SMILES string of the molecule is CCOc1cc(/C=N\NC(=O)c2ccncc2)cc([N+](=O)[O-])c1O. The zero-order chi connectivity index (χ0) is 17.5. The first-order valence-electron chi connectivity index (χ1n) is 6.90. The Labute approximate surface area is 136 Å². The minimum absolute atomic E-state index is 0.0337. The van der Waals surface area contributed by atoms with E-state index in [-0.39, 0.29) is 17.9 Å². The fourth-order valence-corrected chi connectivity index (χ4v) is 1.83. The molecule has 1 aromatic heterocycles. The maximum absolute atomic E-state index is 11.8. The Kier molecular flexibility index (Phi) is 5.40. The van der Waals surface area contributed by atoms with Crippen molar-refractivity contribution in [3.63, 3.8) is 0 Å². The first-order chi connectivity index (χ1) is 11.5. The van der Waals surface area contributed by atoms with Gasteiger partial charge in [-0.05, 0) is 25.1 Å². The Morgan fingerprint density at radius 1 is 1.46 bits per heavy atom. The second-order valence-electron chi connectivity index (χ2n) is 4.51. The molecule has 24 heavy (non-hydrogen) atoms. The number of rotatable bonds is 6. The number of hydrogen-bond acceptors (Lipinski definition) is 7. The molecule has 124 valence electrons. The molecule has 2 aromatic rings. The van der Waals surface area contributed by atoms with Crippen LogP contribution in [0.5, 0.6) is 11.5 Å². The molecule has 0 fully saturated rings. The number of amides is 1. The highest BCUT2D eigenvalue weighted by atomic mass is 16.6. The Morgan fingerprint density at radius 3 is 2.79 bits per heavy atom. The van der Waals surface area contributed by atoms with Crippen LogP contribution in [0.1, 0.15) is 22.8 Å². The van der Waals surface area contributed by atoms with E-state index in [1.165, 1.54) is 36.8 Å². The van der Waals surface area contributed by atoms with Gasteiger partial charge in [-0.2, -0.15) is 5.10 Å². The molecular weight excluding hydrogens is 316 g/mol. The molecule has 0 bridgehead atoms. The second kappa shape index (κ2) is 7.68. The van der Waals surface area contributed by atoms with Gasteiger partial charge in [-0.15, -0.1) is 0 Å². The number of carbonyl (C=O) groups excluding carboxylic acids is 1. The summed E-state index contributed by atoms with van der Waals surface area (Å²) in [7, 11) is 0. The fourth-order valence-electron chi connectivity index (χ4n) is 1.83. The quantitative estimate of drug-likeness (QED) is 0.473. The van der Waals surface area contributed by atoms with Gasteiger partial charge < -0.3 is 9.84 Å². The molecular formula is C15H14N4O5. The van der Waals surface area contributed by atoms with E-state index in [0.29, 0.717) is 5.56 Å². The van der Waals surface area contributed by atoms with Crippen molar-refractivity contribution in [2.75, 3.05) is 6.61 Å². The molecule has 2 N–H and O–H groups in total. The van der Waals surface area contributed by atoms with Crippen LogP contribution in [0, 0.1) is 10.1 Å². The minimum Gasteiger partial charge on any atom is -0.500 e. The summed E-state index contributed by atoms with van der Waals surface area (Å²) in [6.45, 7) is 1.91. The van der Waals surface area contributed by atoms with Gasteiger partial charge in [0.2, 0.25) is 5.75 Å². The van der Waals surface area contributed by atoms with Crippen LogP contribution in [0.4, 0.5) is 5.69 Å². The highest BCUT2D eigenvalue weighted by Crippen LogP contribution is 2.36. The van der Waals surface area contributed by atoms with E-state index in [1.54, 1.807) is 6.92 Å². The van der Waals surface area contributed by atoms with Crippen molar-refractivity contribution < 1.29 is 19.6 Å². The van der Waals surface area contributed by atoms with Crippen LogP contribution in [0.3, 0.4) is 0 Å². The average molecular weight is 330 g/mol. The number of benzene rings is 1. The number of phenols is 1. The second-order valence-corrected chi connectivity index (χ2v) is 4.51. The van der Waals surface area contributed by atoms with Gasteiger partial charge in [0.25, 0.3) is 5.91 Å². The highest BCUT2D eigenvalue weighted by molar-refractivity contribution is 5.94. The van der Waals surface area contributed by atoms with Crippen molar-refractivity contribution in [2.24, 2.45) is 5.10 Å². The van der Waals surface area contributed by atoms with E-state index in [0.717, 1.165) is 6.07 Å². The zero-order valence-electron chi connectivity index (χ0n) is 12.7. The van der Waals surface area contributed by atoms with Gasteiger partial charge >= 0.3 is 5.69 Å². The van der Waals surface area contributed by atoms with Crippen LogP contribution in [0.25, 0.3) is 0 Å². The van der Waals surface area contributed by atoms with Crippen LogP contribution in [-0.2, 0) is 0 Å². The number of aromatic nitrogens is 1. The predicted molar refractivity (Wildman–Crippen MR) is 85.2 cm³/mol. The lowest BCUT2D eigenvalue weighted by Crippen LogP contribution is -2.17. The first kappa shape index (κ1) is 16.9. The lowest BCUT2D eigenvalue weighted by molar-refractivity contribution is -0.386. The number of ether oxygens (including phenoxy) is 1. The Balaban J connectivity index is 2.19. The molecule has 0 saturated carbocycles. The third kappa shape index (κ3) is 4.03. The smallest absolute Gasteiger partial charge is 0.315 e. The summed E-state index contributed by atoms with van der Waals surface area (Å²) in [4.78, 5) is 25.8. The normalized spacial score (nSPS) is 10.5. The van der Waals surface area contributed by atoms with Crippen molar-refractivity contribution >= 4 is 17.8 Å². The molecule has 0 aliphatic heterocycles. The summed E-state index contributed by atoms with van der Waals surface area (Å²) >= 11 is 0. The summed E-state index contributed by atoms with van der Waals surface area (Å²) in [6, 6.07) is 5.54. The van der Waals surface area contributed by atoms with Gasteiger partial charge in [0.05, 0.1) is 17.7 Å². The van der Waals surface area contributed by atoms with Crippen molar-refractivity contribution in [3.8, 4) is 11.5 Å². The molecule has 2 rings (SSSR count). The minimum atomic E-state index is -0.731. The van der Waals surface area contributed by atoms with Crippen LogP contribution in [0.15, 0.2) is 41.8 Å². The zero-order valence-corrected chi connectivity index (χ0v) is 12.7. The van der Waals surface area contributed by atoms with Gasteiger partial charge in [-0.1, -0.05) is 0 Å². The number of carbonyl (C=O) groups is 1. The molecule has 1 heterocycles. The Hall–Kier alpha value is -3.49. The monoisotopic (exact) mass is 330 g/mol. The molecule has 0 spiro atoms. The van der Waals surface area contributed by atoms with Crippen molar-refractivity contribution in [2.45, 2.75) is 6.92 Å². The van der Waals surface area contributed by atoms with E-state index in [1.807, 2.05) is 0 Å². The lowest BCUT2D eigenvalue weighted by atomic mass is 10.2. The fraction of sp³-hybridized carbons (Fsp3) is 0.133. The molecule has 0 radical (unpaired) electrons. The van der Waals surface area contributed by atoms with Crippen LogP contribution >= 0.6 is 0 Å². The van der Waals surface area contributed by atoms with Gasteiger partial charge in [0, 0.05) is 29.6 Å². The van der Waals surface area contributed by atoms with E-state index >= 15 is 0 Å². The topological polar surface area (TPSA) is 127 Å². The first-order valence-corrected chi connectivity index (χ1v) is 6.90. The average Bonchev–Trinajstić information content (AvgIpc) is 2.58. The number of pyridine rings is 1. The van der Waals surface area contributed by atoms with E-state index < -0.39 is 22.3 Å². The summed E-state index contributed by atoms with van der Waals surface area (Å²) < 4.78 is 5.15. The number of phenolic OH excluding ortho intramolecular Hbond substituents is 1. The highest BCUT2D eigenvalue weighted by Gasteiger charge is 2.19. The number of nitro benzene ring substituents is 1. The van der Waals surface area contributed by atoms with Crippen LogP contribution < -0.4 is 10.2 Å². The molecule has 1 amide bonds. The molecule has 0 atom stereocenters. The third-order valence-electron chi connectivity index (χ3n) is 2.90. The van der Waals surface area contributed by atoms with Gasteiger partial charge in [0.15, 0.2) is 5.75 Å². The Morgan fingerprint density at radius 2 is 2.17 bits per heavy atom. The van der Waals surface area contributed by atoms with Crippen molar-refractivity contribution in [3.05, 3.63) is 57.9 Å². The van der Waals surface area contributed by atoms with Crippen LogP contribution in [0.2, 0.25) is 0 Å². The molecule has 0 unspecified atom stereocenters. The molecule has 0 saturated heterocycles. The Bertz CT molecular complexity index is 777. The number of nitrogens with zero attached hydrogens (tertiary/aromatic N) is 3. The lowest BCUT2D eigenvalue weighted by Gasteiger charge is -2.07. The number of hydrogen-bond donors (Lipinski definition) is 2. The van der Waals surface area contributed by atoms with Crippen molar-refractivity contribution in [1.82, 2.24) is 10.4 Å². The maximum atomic E-state index is 11.8. The van der Waals surface area contributed by atoms with E-state index in [9.17, 15) is 20.0 Å². The number of aromatic hydroxyl groups is 1. The molecule has 0 aliphatic rings. The molecule has 1 aromatic carbocycles. The molecule has 0 aliphatic carbocycles. The van der Waals surface area contributed by atoms with Gasteiger partial charge in [-0.3, -0.25) is 19.9 Å². The molecule has 9 heteroatoms. The number of nitro groups is 1. The largest absolute Gasteiger partial charge is 0.500 e. The standard InChI is InChI=1S/C15H14N4O5/c1-2-24-13-8-10(7-12(14(13)20)19(22)23)9-17-18-15(21)11-3-5-16-6-4-11/h3-9,20H,2H2,1H3,(H,18,21)/b17-9-. The number of nitrogens with one attached hydrogen (secondary N) is 1.